The normalized spacial score (nSPS) is 10.3. The predicted octanol–water partition coefficient (Wildman–Crippen LogP) is 1.65. The zero-order chi connectivity index (χ0) is 10.4. The van der Waals surface area contributed by atoms with Gasteiger partial charge in [0.15, 0.2) is 0 Å². The summed E-state index contributed by atoms with van der Waals surface area (Å²) in [6.45, 7) is -0.692. The summed E-state index contributed by atoms with van der Waals surface area (Å²) in [5.41, 5.74) is 0. The first-order valence-corrected chi connectivity index (χ1v) is 4.16. The van der Waals surface area contributed by atoms with Crippen molar-refractivity contribution in [3.05, 3.63) is 24.3 Å². The molecule has 4 nitrogen and oxygen atoms in total. The lowest BCUT2D eigenvalue weighted by atomic mass is 10.3. The summed E-state index contributed by atoms with van der Waals surface area (Å²) in [6.07, 6.45) is 0. The standard InChI is InChI=1S/C10H14O4/c1-11-8-5-4-6-9(7-8)14-10(12-2)13-3/h4-7,10H,1-3H3. The van der Waals surface area contributed by atoms with Crippen LogP contribution in [0.15, 0.2) is 24.3 Å². The lowest BCUT2D eigenvalue weighted by Gasteiger charge is -2.15. The molecule has 0 aliphatic heterocycles. The van der Waals surface area contributed by atoms with E-state index in [0.29, 0.717) is 5.75 Å². The number of hydrogen-bond acceptors (Lipinski definition) is 4. The van der Waals surface area contributed by atoms with Crippen molar-refractivity contribution in [3.63, 3.8) is 0 Å². The van der Waals surface area contributed by atoms with E-state index in [4.69, 9.17) is 18.9 Å². The molecule has 0 atom stereocenters. The fraction of sp³-hybridized carbons (Fsp3) is 0.400. The molecule has 1 rings (SSSR count). The monoisotopic (exact) mass is 198 g/mol. The van der Waals surface area contributed by atoms with E-state index in [2.05, 4.69) is 0 Å². The van der Waals surface area contributed by atoms with E-state index in [1.165, 1.54) is 14.2 Å². The van der Waals surface area contributed by atoms with Crippen LogP contribution in [0.25, 0.3) is 0 Å². The Morgan fingerprint density at radius 2 is 1.64 bits per heavy atom. The maximum atomic E-state index is 5.33. The van der Waals surface area contributed by atoms with Crippen LogP contribution >= 0.6 is 0 Å². The average molecular weight is 198 g/mol. The van der Waals surface area contributed by atoms with Gasteiger partial charge in [0, 0.05) is 20.3 Å². The van der Waals surface area contributed by atoms with Crippen molar-refractivity contribution in [1.29, 1.82) is 0 Å². The van der Waals surface area contributed by atoms with Gasteiger partial charge in [0.2, 0.25) is 0 Å². The molecule has 0 saturated carbocycles. The molecule has 1 aromatic rings. The smallest absolute Gasteiger partial charge is 0.315 e. The average Bonchev–Trinajstić information content (AvgIpc) is 2.26. The minimum atomic E-state index is -0.692. The van der Waals surface area contributed by atoms with Gasteiger partial charge in [0.1, 0.15) is 11.5 Å². The first-order valence-electron chi connectivity index (χ1n) is 4.16. The molecule has 14 heavy (non-hydrogen) atoms. The molecule has 0 N–H and O–H groups in total. The third-order valence-corrected chi connectivity index (χ3v) is 1.66. The number of hydrogen-bond donors (Lipinski definition) is 0. The Morgan fingerprint density at radius 3 is 2.21 bits per heavy atom. The van der Waals surface area contributed by atoms with Crippen LogP contribution in [0.5, 0.6) is 11.5 Å². The molecule has 0 radical (unpaired) electrons. The Hall–Kier alpha value is -1.26. The summed E-state index contributed by atoms with van der Waals surface area (Å²) in [5, 5.41) is 0. The number of rotatable bonds is 5. The second-order valence-corrected chi connectivity index (χ2v) is 2.56. The summed E-state index contributed by atoms with van der Waals surface area (Å²) in [7, 11) is 4.62. The lowest BCUT2D eigenvalue weighted by Crippen LogP contribution is -2.20. The van der Waals surface area contributed by atoms with Crippen molar-refractivity contribution in [2.24, 2.45) is 0 Å². The van der Waals surface area contributed by atoms with E-state index >= 15 is 0 Å². The zero-order valence-electron chi connectivity index (χ0n) is 8.52. The van der Waals surface area contributed by atoms with Crippen LogP contribution in [-0.4, -0.2) is 27.8 Å². The van der Waals surface area contributed by atoms with Crippen molar-refractivity contribution < 1.29 is 18.9 Å². The highest BCUT2D eigenvalue weighted by atomic mass is 16.8. The number of benzene rings is 1. The van der Waals surface area contributed by atoms with E-state index in [-0.39, 0.29) is 0 Å². The third kappa shape index (κ3) is 2.90. The van der Waals surface area contributed by atoms with Crippen molar-refractivity contribution >= 4 is 0 Å². The van der Waals surface area contributed by atoms with Crippen LogP contribution in [0, 0.1) is 0 Å². The Balaban J connectivity index is 2.65. The molecule has 0 saturated heterocycles. The SMILES string of the molecule is COc1cccc(OC(OC)OC)c1. The van der Waals surface area contributed by atoms with Crippen LogP contribution in [0.1, 0.15) is 0 Å². The summed E-state index contributed by atoms with van der Waals surface area (Å²) in [4.78, 5) is 0. The maximum absolute atomic E-state index is 5.33. The molecule has 4 heteroatoms. The van der Waals surface area contributed by atoms with Crippen LogP contribution in [0.4, 0.5) is 0 Å². The van der Waals surface area contributed by atoms with Gasteiger partial charge >= 0.3 is 6.48 Å². The highest BCUT2D eigenvalue weighted by Crippen LogP contribution is 2.20. The Kier molecular flexibility index (Phi) is 4.22. The quantitative estimate of drug-likeness (QED) is 0.674. The van der Waals surface area contributed by atoms with Gasteiger partial charge in [-0.2, -0.15) is 0 Å². The van der Waals surface area contributed by atoms with Gasteiger partial charge in [-0.3, -0.25) is 0 Å². The Bertz CT molecular complexity index is 271. The highest BCUT2D eigenvalue weighted by Gasteiger charge is 2.06. The van der Waals surface area contributed by atoms with Crippen LogP contribution in [0.3, 0.4) is 0 Å². The van der Waals surface area contributed by atoms with Crippen molar-refractivity contribution in [1.82, 2.24) is 0 Å². The van der Waals surface area contributed by atoms with Crippen LogP contribution in [0.2, 0.25) is 0 Å². The van der Waals surface area contributed by atoms with Crippen LogP contribution in [-0.2, 0) is 9.47 Å². The lowest BCUT2D eigenvalue weighted by molar-refractivity contribution is -0.219. The van der Waals surface area contributed by atoms with Crippen molar-refractivity contribution in [2.45, 2.75) is 6.48 Å². The molecule has 0 aromatic heterocycles. The van der Waals surface area contributed by atoms with E-state index in [1.54, 1.807) is 19.2 Å². The summed E-state index contributed by atoms with van der Waals surface area (Å²) >= 11 is 0. The third-order valence-electron chi connectivity index (χ3n) is 1.66. The van der Waals surface area contributed by atoms with Gasteiger partial charge in [-0.1, -0.05) is 6.07 Å². The molecule has 0 bridgehead atoms. The predicted molar refractivity (Wildman–Crippen MR) is 51.4 cm³/mol. The molecule has 0 spiro atoms. The fourth-order valence-corrected chi connectivity index (χ4v) is 0.978. The molecular weight excluding hydrogens is 184 g/mol. The Labute approximate surface area is 83.3 Å². The molecule has 0 fully saturated rings. The summed E-state index contributed by atoms with van der Waals surface area (Å²) < 4.78 is 20.2. The highest BCUT2D eigenvalue weighted by molar-refractivity contribution is 5.32. The molecule has 0 unspecified atom stereocenters. The van der Waals surface area contributed by atoms with Crippen LogP contribution < -0.4 is 9.47 Å². The van der Waals surface area contributed by atoms with Gasteiger partial charge in [-0.25, -0.2) is 0 Å². The number of methoxy groups -OCH3 is 3. The molecule has 0 aliphatic carbocycles. The van der Waals surface area contributed by atoms with Crippen molar-refractivity contribution in [2.75, 3.05) is 21.3 Å². The second kappa shape index (κ2) is 5.47. The van der Waals surface area contributed by atoms with E-state index in [1.807, 2.05) is 12.1 Å². The second-order valence-electron chi connectivity index (χ2n) is 2.56. The van der Waals surface area contributed by atoms with Gasteiger partial charge in [-0.05, 0) is 12.1 Å². The summed E-state index contributed by atoms with van der Waals surface area (Å²) in [5.74, 6) is 1.37. The Morgan fingerprint density at radius 1 is 1.00 bits per heavy atom. The van der Waals surface area contributed by atoms with Gasteiger partial charge in [0.25, 0.3) is 0 Å². The molecule has 0 aliphatic rings. The maximum Gasteiger partial charge on any atom is 0.315 e. The summed E-state index contributed by atoms with van der Waals surface area (Å²) in [6, 6.07) is 7.22. The molecule has 0 amide bonds. The van der Waals surface area contributed by atoms with Gasteiger partial charge in [0.05, 0.1) is 7.11 Å². The van der Waals surface area contributed by atoms with Gasteiger partial charge < -0.3 is 18.9 Å². The topological polar surface area (TPSA) is 36.9 Å². The first-order chi connectivity index (χ1) is 6.80. The van der Waals surface area contributed by atoms with E-state index in [9.17, 15) is 0 Å². The van der Waals surface area contributed by atoms with E-state index < -0.39 is 6.48 Å². The molecule has 0 heterocycles. The molecular formula is C10H14O4. The largest absolute Gasteiger partial charge is 0.497 e. The minimum Gasteiger partial charge on any atom is -0.497 e. The fourth-order valence-electron chi connectivity index (χ4n) is 0.978. The zero-order valence-corrected chi connectivity index (χ0v) is 8.52. The van der Waals surface area contributed by atoms with E-state index in [0.717, 1.165) is 5.75 Å². The minimum absolute atomic E-state index is 0.637. The first kappa shape index (κ1) is 10.8. The van der Waals surface area contributed by atoms with Gasteiger partial charge in [-0.15, -0.1) is 0 Å². The number of ether oxygens (including phenoxy) is 4. The van der Waals surface area contributed by atoms with Crippen molar-refractivity contribution in [3.8, 4) is 11.5 Å². The molecule has 1 aromatic carbocycles. The molecule has 78 valence electrons.